The van der Waals surface area contributed by atoms with Gasteiger partial charge in [0.25, 0.3) is 0 Å². The fraction of sp³-hybridized carbons (Fsp3) is 0.588. The third kappa shape index (κ3) is 4.08. The Hall–Kier alpha value is -1.60. The molecule has 1 fully saturated rings. The van der Waals surface area contributed by atoms with Crippen molar-refractivity contribution >= 4 is 5.91 Å². The minimum atomic E-state index is -4.61. The number of alkyl halides is 3. The molecule has 7 heteroatoms. The number of benzene rings is 1. The number of amides is 1. The molecule has 1 aromatic rings. The van der Waals surface area contributed by atoms with Gasteiger partial charge >= 0.3 is 6.18 Å². The lowest BCUT2D eigenvalue weighted by Crippen LogP contribution is -2.54. The Labute approximate surface area is 139 Å². The molecule has 2 rings (SSSR count). The number of nitrogens with zero attached hydrogens (tertiary/aromatic N) is 1. The molecule has 1 aliphatic heterocycles. The average molecular weight is 344 g/mol. The second kappa shape index (κ2) is 7.53. The van der Waals surface area contributed by atoms with Crippen molar-refractivity contribution in [1.29, 1.82) is 0 Å². The van der Waals surface area contributed by atoms with Gasteiger partial charge in [-0.25, -0.2) is 0 Å². The van der Waals surface area contributed by atoms with Crippen molar-refractivity contribution in [3.8, 4) is 0 Å². The van der Waals surface area contributed by atoms with E-state index in [2.05, 4.69) is 5.32 Å². The zero-order chi connectivity index (χ0) is 17.8. The van der Waals surface area contributed by atoms with Gasteiger partial charge in [0, 0.05) is 25.7 Å². The second-order valence-corrected chi connectivity index (χ2v) is 6.41. The van der Waals surface area contributed by atoms with E-state index in [1.807, 2.05) is 30.3 Å². The normalized spacial score (nSPS) is 23.2. The summed E-state index contributed by atoms with van der Waals surface area (Å²) in [6.07, 6.45) is -4.63. The predicted molar refractivity (Wildman–Crippen MR) is 84.1 cm³/mol. The molecule has 2 unspecified atom stereocenters. The van der Waals surface area contributed by atoms with Crippen LogP contribution in [0.15, 0.2) is 30.3 Å². The molecular weight excluding hydrogens is 321 g/mol. The summed E-state index contributed by atoms with van der Waals surface area (Å²) >= 11 is 0. The number of carbonyl (C=O) groups excluding carboxylic acids is 1. The number of aliphatic hydroxyl groups is 1. The van der Waals surface area contributed by atoms with E-state index in [0.29, 0.717) is 6.54 Å². The smallest absolute Gasteiger partial charge is 0.396 e. The number of rotatable bonds is 6. The van der Waals surface area contributed by atoms with Crippen molar-refractivity contribution in [3.63, 3.8) is 0 Å². The molecule has 134 valence electrons. The van der Waals surface area contributed by atoms with Gasteiger partial charge < -0.3 is 10.4 Å². The van der Waals surface area contributed by atoms with E-state index in [1.54, 1.807) is 11.8 Å². The Kier molecular flexibility index (Phi) is 5.87. The van der Waals surface area contributed by atoms with Crippen LogP contribution < -0.4 is 5.32 Å². The number of hydrogen-bond acceptors (Lipinski definition) is 3. The summed E-state index contributed by atoms with van der Waals surface area (Å²) in [5, 5.41) is 11.3. The lowest BCUT2D eigenvalue weighted by atomic mass is 9.84. The van der Waals surface area contributed by atoms with Crippen LogP contribution in [0.4, 0.5) is 13.2 Å². The molecule has 0 aromatic heterocycles. The highest BCUT2D eigenvalue weighted by atomic mass is 19.4. The zero-order valence-corrected chi connectivity index (χ0v) is 13.6. The lowest BCUT2D eigenvalue weighted by molar-refractivity contribution is -0.218. The summed E-state index contributed by atoms with van der Waals surface area (Å²) in [4.78, 5) is 14.0. The van der Waals surface area contributed by atoms with Crippen LogP contribution in [0.3, 0.4) is 0 Å². The molecule has 4 nitrogen and oxygen atoms in total. The Bertz CT molecular complexity index is 551. The summed E-state index contributed by atoms with van der Waals surface area (Å²) in [7, 11) is 0. The van der Waals surface area contributed by atoms with Gasteiger partial charge in [-0.05, 0) is 31.9 Å². The lowest BCUT2D eigenvalue weighted by Gasteiger charge is -2.31. The van der Waals surface area contributed by atoms with Gasteiger partial charge in [-0.1, -0.05) is 30.3 Å². The van der Waals surface area contributed by atoms with Gasteiger partial charge in [0.05, 0.1) is 0 Å². The highest BCUT2D eigenvalue weighted by Gasteiger charge is 2.62. The number of halogens is 3. The molecule has 24 heavy (non-hydrogen) atoms. The summed E-state index contributed by atoms with van der Waals surface area (Å²) in [5.41, 5.74) is -1.46. The molecule has 1 amide bonds. The van der Waals surface area contributed by atoms with Crippen molar-refractivity contribution in [2.75, 3.05) is 19.7 Å². The summed E-state index contributed by atoms with van der Waals surface area (Å²) < 4.78 is 41.0. The molecule has 2 N–H and O–H groups in total. The number of hydrogen-bond donors (Lipinski definition) is 2. The first-order valence-corrected chi connectivity index (χ1v) is 8.03. The number of aliphatic hydroxyl groups excluding tert-OH is 1. The van der Waals surface area contributed by atoms with Gasteiger partial charge in [0.2, 0.25) is 5.91 Å². The molecule has 1 saturated heterocycles. The monoisotopic (exact) mass is 344 g/mol. The molecule has 0 radical (unpaired) electrons. The highest BCUT2D eigenvalue weighted by molar-refractivity contribution is 5.84. The molecule has 0 spiro atoms. The minimum Gasteiger partial charge on any atom is -0.396 e. The van der Waals surface area contributed by atoms with Crippen LogP contribution in [0.25, 0.3) is 0 Å². The van der Waals surface area contributed by atoms with Crippen molar-refractivity contribution < 1.29 is 23.1 Å². The maximum absolute atomic E-state index is 13.7. The van der Waals surface area contributed by atoms with Gasteiger partial charge in [-0.2, -0.15) is 13.2 Å². The summed E-state index contributed by atoms with van der Waals surface area (Å²) in [6, 6.07) is 8.75. The first-order chi connectivity index (χ1) is 11.3. The van der Waals surface area contributed by atoms with Gasteiger partial charge in [0.1, 0.15) is 0 Å². The first-order valence-electron chi connectivity index (χ1n) is 8.03. The van der Waals surface area contributed by atoms with Crippen molar-refractivity contribution in [3.05, 3.63) is 35.9 Å². The molecule has 1 heterocycles. The zero-order valence-electron chi connectivity index (χ0n) is 13.6. The molecule has 2 atom stereocenters. The van der Waals surface area contributed by atoms with Crippen LogP contribution in [-0.2, 0) is 11.3 Å². The predicted octanol–water partition coefficient (Wildman–Crippen LogP) is 2.33. The molecule has 1 aromatic carbocycles. The first kappa shape index (κ1) is 18.7. The Balaban J connectivity index is 2.11. The van der Waals surface area contributed by atoms with E-state index in [1.165, 1.54) is 0 Å². The number of nitrogens with one attached hydrogen (secondary N) is 1. The Morgan fingerprint density at radius 1 is 1.38 bits per heavy atom. The van der Waals surface area contributed by atoms with E-state index >= 15 is 0 Å². The van der Waals surface area contributed by atoms with E-state index < -0.39 is 23.5 Å². The van der Waals surface area contributed by atoms with E-state index in [9.17, 15) is 18.0 Å². The second-order valence-electron chi connectivity index (χ2n) is 6.41. The summed E-state index contributed by atoms with van der Waals surface area (Å²) in [6.45, 7) is 1.67. The molecule has 1 aliphatic rings. The van der Waals surface area contributed by atoms with Crippen LogP contribution >= 0.6 is 0 Å². The van der Waals surface area contributed by atoms with Crippen molar-refractivity contribution in [1.82, 2.24) is 10.2 Å². The minimum absolute atomic E-state index is 0.180. The molecule has 0 aliphatic carbocycles. The van der Waals surface area contributed by atoms with Crippen LogP contribution in [0.1, 0.15) is 25.3 Å². The van der Waals surface area contributed by atoms with Gasteiger partial charge in [-0.3, -0.25) is 9.69 Å². The van der Waals surface area contributed by atoms with Gasteiger partial charge in [-0.15, -0.1) is 0 Å². The van der Waals surface area contributed by atoms with Crippen LogP contribution in [0.5, 0.6) is 0 Å². The largest absolute Gasteiger partial charge is 0.404 e. The van der Waals surface area contributed by atoms with Crippen LogP contribution in [0.2, 0.25) is 0 Å². The van der Waals surface area contributed by atoms with Crippen LogP contribution in [-0.4, -0.2) is 47.8 Å². The van der Waals surface area contributed by atoms with Crippen molar-refractivity contribution in [2.24, 2.45) is 5.41 Å². The quantitative estimate of drug-likeness (QED) is 0.833. The summed E-state index contributed by atoms with van der Waals surface area (Å²) in [5.74, 6) is -0.994. The number of likely N-dealkylation sites (tertiary alicyclic amines) is 1. The Morgan fingerprint density at radius 3 is 2.62 bits per heavy atom. The topological polar surface area (TPSA) is 52.6 Å². The number of carbonyl (C=O) groups is 1. The van der Waals surface area contributed by atoms with E-state index in [-0.39, 0.29) is 32.5 Å². The van der Waals surface area contributed by atoms with Crippen LogP contribution in [0, 0.1) is 5.41 Å². The highest BCUT2D eigenvalue weighted by Crippen LogP contribution is 2.46. The standard InChI is InChI=1S/C17H23F3N2O2/c1-13(7-10-23)21-15(24)16(17(18,19)20)8-9-22(12-16)11-14-5-3-2-4-6-14/h2-6,13,23H,7-12H2,1H3,(H,21,24). The molecule has 0 bridgehead atoms. The van der Waals surface area contributed by atoms with E-state index in [0.717, 1.165) is 5.56 Å². The molecule has 0 saturated carbocycles. The SMILES string of the molecule is CC(CCO)NC(=O)C1(C(F)(F)F)CCN(Cc2ccccc2)C1. The Morgan fingerprint density at radius 2 is 2.04 bits per heavy atom. The fourth-order valence-corrected chi connectivity index (χ4v) is 3.04. The average Bonchev–Trinajstić information content (AvgIpc) is 2.93. The molecular formula is C17H23F3N2O2. The third-order valence-electron chi connectivity index (χ3n) is 4.51. The fourth-order valence-electron chi connectivity index (χ4n) is 3.04. The maximum atomic E-state index is 13.7. The van der Waals surface area contributed by atoms with Gasteiger partial charge in [0.15, 0.2) is 5.41 Å². The third-order valence-corrected chi connectivity index (χ3v) is 4.51. The van der Waals surface area contributed by atoms with E-state index in [4.69, 9.17) is 5.11 Å². The maximum Gasteiger partial charge on any atom is 0.404 e. The van der Waals surface area contributed by atoms with Crippen molar-refractivity contribution in [2.45, 2.75) is 38.5 Å².